The highest BCUT2D eigenvalue weighted by molar-refractivity contribution is 4.46. The van der Waals surface area contributed by atoms with E-state index in [-0.39, 0.29) is 0 Å². The lowest BCUT2D eigenvalue weighted by Crippen LogP contribution is -1.91. The minimum absolute atomic E-state index is 0.393. The number of unbranched alkanes of at least 4 members (excludes halogenated alkanes) is 2. The molecule has 0 spiro atoms. The second kappa shape index (κ2) is 4.56. The van der Waals surface area contributed by atoms with Gasteiger partial charge in [0.15, 0.2) is 0 Å². The molecule has 0 unspecified atom stereocenters. The van der Waals surface area contributed by atoms with E-state index in [9.17, 15) is 10.1 Å². The molecule has 47 valence electrons. The van der Waals surface area contributed by atoms with Crippen LogP contribution in [0.5, 0.6) is 0 Å². The zero-order valence-corrected chi connectivity index (χ0v) is 4.96. The summed E-state index contributed by atoms with van der Waals surface area (Å²) >= 11 is 0. The van der Waals surface area contributed by atoms with Crippen molar-refractivity contribution in [3.8, 4) is 0 Å². The number of hydrogen-bond acceptors (Lipinski definition) is 2. The van der Waals surface area contributed by atoms with Crippen molar-refractivity contribution in [1.82, 2.24) is 0 Å². The lowest BCUT2D eigenvalue weighted by molar-refractivity contribution is -0.437. The van der Waals surface area contributed by atoms with Gasteiger partial charge in [0.25, 0.3) is 6.54 Å². The Morgan fingerprint density at radius 1 is 1.75 bits per heavy atom. The Labute approximate surface area is 48.9 Å². The van der Waals surface area contributed by atoms with Gasteiger partial charge in [0.05, 0.1) is 0 Å². The van der Waals surface area contributed by atoms with Crippen molar-refractivity contribution in [2.24, 2.45) is 0 Å². The Bertz CT molecular complexity index is 72.8. The van der Waals surface area contributed by atoms with Crippen LogP contribution in [-0.2, 0) is 0 Å². The molecule has 0 saturated carbocycles. The van der Waals surface area contributed by atoms with Gasteiger partial charge in [0, 0.05) is 11.3 Å². The zero-order valence-electron chi connectivity index (χ0n) is 4.96. The predicted octanol–water partition coefficient (Wildman–Crippen LogP) is 1.62. The van der Waals surface area contributed by atoms with E-state index in [1.807, 2.05) is 6.92 Å². The topological polar surface area (TPSA) is 43.1 Å². The van der Waals surface area contributed by atoms with Crippen molar-refractivity contribution >= 4 is 0 Å². The number of nitro groups is 1. The van der Waals surface area contributed by atoms with Gasteiger partial charge >= 0.3 is 0 Å². The minimum Gasteiger partial charge on any atom is -0.264 e. The van der Waals surface area contributed by atoms with Crippen LogP contribution in [0.4, 0.5) is 0 Å². The molecule has 0 rings (SSSR count). The molecule has 0 saturated heterocycles. The summed E-state index contributed by atoms with van der Waals surface area (Å²) in [5.41, 5.74) is 0. The van der Waals surface area contributed by atoms with Crippen molar-refractivity contribution in [2.75, 3.05) is 0 Å². The summed E-state index contributed by atoms with van der Waals surface area (Å²) in [6, 6.07) is 0. The summed E-state index contributed by atoms with van der Waals surface area (Å²) < 4.78 is 0. The molecular formula is C5H10NO2. The van der Waals surface area contributed by atoms with Crippen LogP contribution >= 0.6 is 0 Å². The monoisotopic (exact) mass is 116 g/mol. The number of rotatable bonds is 4. The first-order valence-corrected chi connectivity index (χ1v) is 2.74. The third-order valence-corrected chi connectivity index (χ3v) is 0.836. The van der Waals surface area contributed by atoms with Crippen LogP contribution < -0.4 is 0 Å². The van der Waals surface area contributed by atoms with Gasteiger partial charge in [-0.2, -0.15) is 0 Å². The molecule has 0 aromatic heterocycles. The Morgan fingerprint density at radius 2 is 2.38 bits per heavy atom. The molecule has 0 aliphatic heterocycles. The molecule has 0 amide bonds. The van der Waals surface area contributed by atoms with Crippen LogP contribution in [0.25, 0.3) is 0 Å². The third-order valence-electron chi connectivity index (χ3n) is 0.836. The molecular weight excluding hydrogens is 106 g/mol. The molecule has 0 bridgehead atoms. The molecule has 3 heteroatoms. The van der Waals surface area contributed by atoms with Gasteiger partial charge in [-0.1, -0.05) is 13.3 Å². The summed E-state index contributed by atoms with van der Waals surface area (Å²) in [4.78, 5) is 9.23. The summed E-state index contributed by atoms with van der Waals surface area (Å²) in [5.74, 6) is 0. The van der Waals surface area contributed by atoms with Gasteiger partial charge in [-0.15, -0.1) is 0 Å². The Hall–Kier alpha value is -0.600. The largest absolute Gasteiger partial charge is 0.279 e. The molecule has 8 heavy (non-hydrogen) atoms. The van der Waals surface area contributed by atoms with Crippen LogP contribution in [0.15, 0.2) is 0 Å². The van der Waals surface area contributed by atoms with Gasteiger partial charge < -0.3 is 0 Å². The highest BCUT2D eigenvalue weighted by atomic mass is 16.6. The smallest absolute Gasteiger partial charge is 0.264 e. The average molecular weight is 116 g/mol. The molecule has 0 aliphatic carbocycles. The second-order valence-electron chi connectivity index (χ2n) is 1.61. The fourth-order valence-corrected chi connectivity index (χ4v) is 0.401. The molecule has 1 radical (unpaired) electrons. The summed E-state index contributed by atoms with van der Waals surface area (Å²) in [5, 5.41) is 9.62. The van der Waals surface area contributed by atoms with E-state index in [4.69, 9.17) is 0 Å². The van der Waals surface area contributed by atoms with Crippen molar-refractivity contribution in [3.05, 3.63) is 16.7 Å². The molecule has 0 aromatic rings. The van der Waals surface area contributed by atoms with Crippen LogP contribution in [-0.4, -0.2) is 4.92 Å². The van der Waals surface area contributed by atoms with E-state index in [2.05, 4.69) is 0 Å². The first-order valence-electron chi connectivity index (χ1n) is 2.74. The lowest BCUT2D eigenvalue weighted by atomic mass is 10.3. The number of nitrogens with zero attached hydrogens (tertiary/aromatic N) is 1. The van der Waals surface area contributed by atoms with Gasteiger partial charge in [0.2, 0.25) is 0 Å². The van der Waals surface area contributed by atoms with Gasteiger partial charge in [-0.25, -0.2) is 0 Å². The van der Waals surface area contributed by atoms with Crippen LogP contribution in [0.1, 0.15) is 26.2 Å². The van der Waals surface area contributed by atoms with Gasteiger partial charge in [0.1, 0.15) is 0 Å². The quantitative estimate of drug-likeness (QED) is 0.318. The maximum absolute atomic E-state index is 9.62. The fourth-order valence-electron chi connectivity index (χ4n) is 0.401. The van der Waals surface area contributed by atoms with E-state index in [1.165, 1.54) is 0 Å². The maximum Gasteiger partial charge on any atom is 0.279 e. The maximum atomic E-state index is 9.62. The van der Waals surface area contributed by atoms with Crippen LogP contribution in [0, 0.1) is 16.7 Å². The third kappa shape index (κ3) is 5.40. The van der Waals surface area contributed by atoms with Crippen molar-refractivity contribution in [2.45, 2.75) is 26.2 Å². The van der Waals surface area contributed by atoms with Gasteiger partial charge in [-0.3, -0.25) is 10.1 Å². The Morgan fingerprint density at radius 3 is 2.75 bits per heavy atom. The second-order valence-corrected chi connectivity index (χ2v) is 1.61. The first-order chi connectivity index (χ1) is 3.77. The molecule has 0 aromatic carbocycles. The van der Waals surface area contributed by atoms with E-state index >= 15 is 0 Å². The Kier molecular flexibility index (Phi) is 4.21. The highest BCUT2D eigenvalue weighted by Crippen LogP contribution is 1.96. The Balaban J connectivity index is 2.82. The molecule has 3 nitrogen and oxygen atoms in total. The van der Waals surface area contributed by atoms with Crippen LogP contribution in [0.2, 0.25) is 0 Å². The van der Waals surface area contributed by atoms with Crippen molar-refractivity contribution in [1.29, 1.82) is 0 Å². The number of hydrogen-bond donors (Lipinski definition) is 0. The standard InChI is InChI=1S/C5H10NO2/c1-2-3-4-5-6(7)8/h5H,2-4H2,1H3. The molecule has 0 heterocycles. The highest BCUT2D eigenvalue weighted by Gasteiger charge is 1.95. The van der Waals surface area contributed by atoms with E-state index in [0.717, 1.165) is 19.4 Å². The van der Waals surface area contributed by atoms with Crippen molar-refractivity contribution < 1.29 is 4.92 Å². The normalized spacial score (nSPS) is 9.12. The molecule has 0 atom stereocenters. The first kappa shape index (κ1) is 7.40. The van der Waals surface area contributed by atoms with Crippen molar-refractivity contribution in [3.63, 3.8) is 0 Å². The molecule has 0 aliphatic rings. The van der Waals surface area contributed by atoms with E-state index in [1.54, 1.807) is 0 Å². The van der Waals surface area contributed by atoms with E-state index < -0.39 is 4.92 Å². The molecule has 0 fully saturated rings. The fraction of sp³-hybridized carbons (Fsp3) is 0.800. The minimum atomic E-state index is -0.393. The van der Waals surface area contributed by atoms with E-state index in [0.29, 0.717) is 6.42 Å². The molecule has 0 N–H and O–H groups in total. The average Bonchev–Trinajstić information content (AvgIpc) is 1.66. The summed E-state index contributed by atoms with van der Waals surface area (Å²) in [6.07, 6.45) is 2.54. The predicted molar refractivity (Wildman–Crippen MR) is 30.8 cm³/mol. The SMILES string of the molecule is CCCC[CH][N+](=O)[O-]. The van der Waals surface area contributed by atoms with Gasteiger partial charge in [-0.05, 0) is 6.42 Å². The summed E-state index contributed by atoms with van der Waals surface area (Å²) in [7, 11) is 0. The lowest BCUT2D eigenvalue weighted by Gasteiger charge is -1.86. The zero-order chi connectivity index (χ0) is 6.41. The van der Waals surface area contributed by atoms with Crippen LogP contribution in [0.3, 0.4) is 0 Å². The summed E-state index contributed by atoms with van der Waals surface area (Å²) in [6.45, 7) is 3.11.